The minimum Gasteiger partial charge on any atom is -0.363 e. The molecular weight excluding hydrogens is 500 g/mol. The molecule has 204 valence electrons. The molecule has 0 aromatic heterocycles. The van der Waals surface area contributed by atoms with Crippen LogP contribution < -0.4 is 26.2 Å². The Labute approximate surface area is 227 Å². The lowest BCUT2D eigenvalue weighted by molar-refractivity contribution is -0.118. The third kappa shape index (κ3) is 7.19. The van der Waals surface area contributed by atoms with Gasteiger partial charge in [-0.2, -0.15) is 0 Å². The fourth-order valence-electron chi connectivity index (χ4n) is 4.95. The molecule has 5 rings (SSSR count). The summed E-state index contributed by atoms with van der Waals surface area (Å²) in [6.45, 7) is 1.70. The molecule has 2 aliphatic heterocycles. The van der Waals surface area contributed by atoms with Gasteiger partial charge in [-0.15, -0.1) is 0 Å². The van der Waals surface area contributed by atoms with Crippen LogP contribution in [0.4, 0.5) is 25.8 Å². The second-order valence-electron chi connectivity index (χ2n) is 10.2. The number of rotatable bonds is 9. The van der Waals surface area contributed by atoms with Gasteiger partial charge >= 0.3 is 0 Å². The molecule has 0 bridgehead atoms. The molecule has 3 aromatic carbocycles. The van der Waals surface area contributed by atoms with Crippen molar-refractivity contribution in [2.75, 3.05) is 28.6 Å². The van der Waals surface area contributed by atoms with E-state index in [4.69, 9.17) is 0 Å². The number of alkyl halides is 2. The normalized spacial score (nSPS) is 22.4. The number of para-hydroxylation sites is 1. The van der Waals surface area contributed by atoms with Crippen LogP contribution in [0.15, 0.2) is 78.9 Å². The van der Waals surface area contributed by atoms with Gasteiger partial charge in [0.25, 0.3) is 0 Å². The predicted octanol–water partition coefficient (Wildman–Crippen LogP) is 4.17. The van der Waals surface area contributed by atoms with Crippen LogP contribution in [-0.4, -0.2) is 49.3 Å². The first-order valence-electron chi connectivity index (χ1n) is 13.3. The van der Waals surface area contributed by atoms with Crippen molar-refractivity contribution >= 4 is 28.9 Å². The minimum atomic E-state index is -0.984. The van der Waals surface area contributed by atoms with Gasteiger partial charge in [0.1, 0.15) is 12.3 Å². The van der Waals surface area contributed by atoms with Crippen molar-refractivity contribution in [3.63, 3.8) is 0 Å². The molecule has 2 saturated heterocycles. The first kappa shape index (κ1) is 26.8. The Morgan fingerprint density at radius 2 is 1.13 bits per heavy atom. The van der Waals surface area contributed by atoms with Gasteiger partial charge < -0.3 is 26.2 Å². The number of halogens is 2. The third-order valence-electron chi connectivity index (χ3n) is 7.10. The summed E-state index contributed by atoms with van der Waals surface area (Å²) in [5.74, 6) is -0.445. The van der Waals surface area contributed by atoms with Crippen LogP contribution in [0.1, 0.15) is 24.0 Å². The lowest BCUT2D eigenvalue weighted by Crippen LogP contribution is -2.35. The van der Waals surface area contributed by atoms with Crippen molar-refractivity contribution in [3.8, 4) is 0 Å². The zero-order valence-electron chi connectivity index (χ0n) is 21.6. The molecule has 0 radical (unpaired) electrons. The van der Waals surface area contributed by atoms with E-state index in [-0.39, 0.29) is 37.7 Å². The van der Waals surface area contributed by atoms with E-state index < -0.39 is 24.4 Å². The standard InChI is InChI=1S/C30H33F2N5O2/c31-22-14-27(33-16-22)29(38)35-24-10-6-20(7-11-24)18-37(26-4-2-1-3-5-26)19-21-8-12-25(13-9-21)36-30(39)28-15-23(32)17-34-28/h1-13,22-23,27-28,33-34H,14-19H2,(H,35,38)(H,36,39). The molecule has 0 saturated carbocycles. The lowest BCUT2D eigenvalue weighted by Gasteiger charge is -2.25. The van der Waals surface area contributed by atoms with Crippen LogP contribution in [0.25, 0.3) is 0 Å². The van der Waals surface area contributed by atoms with Gasteiger partial charge in [-0.3, -0.25) is 9.59 Å². The van der Waals surface area contributed by atoms with Crippen LogP contribution in [0.3, 0.4) is 0 Å². The van der Waals surface area contributed by atoms with E-state index in [1.807, 2.05) is 66.7 Å². The Bertz CT molecular complexity index is 1180. The Morgan fingerprint density at radius 1 is 0.692 bits per heavy atom. The van der Waals surface area contributed by atoms with E-state index in [9.17, 15) is 18.4 Å². The van der Waals surface area contributed by atoms with Crippen LogP contribution >= 0.6 is 0 Å². The molecular formula is C30H33F2N5O2. The minimum absolute atomic E-state index is 0.195. The van der Waals surface area contributed by atoms with Crippen LogP contribution in [0.2, 0.25) is 0 Å². The lowest BCUT2D eigenvalue weighted by atomic mass is 10.1. The van der Waals surface area contributed by atoms with E-state index in [0.29, 0.717) is 24.5 Å². The van der Waals surface area contributed by atoms with Gasteiger partial charge in [0.05, 0.1) is 12.1 Å². The highest BCUT2D eigenvalue weighted by Gasteiger charge is 2.30. The molecule has 7 nitrogen and oxygen atoms in total. The zero-order chi connectivity index (χ0) is 27.2. The van der Waals surface area contributed by atoms with Crippen molar-refractivity contribution < 1.29 is 18.4 Å². The molecule has 3 aromatic rings. The highest BCUT2D eigenvalue weighted by molar-refractivity contribution is 5.95. The first-order valence-corrected chi connectivity index (χ1v) is 13.3. The molecule has 2 heterocycles. The van der Waals surface area contributed by atoms with E-state index in [2.05, 4.69) is 38.3 Å². The summed E-state index contributed by atoms with van der Waals surface area (Å²) < 4.78 is 26.8. The van der Waals surface area contributed by atoms with Gasteiger partial charge in [0, 0.05) is 56.1 Å². The fourth-order valence-corrected chi connectivity index (χ4v) is 4.95. The van der Waals surface area contributed by atoms with E-state index in [1.54, 1.807) is 0 Å². The highest BCUT2D eigenvalue weighted by Crippen LogP contribution is 2.22. The zero-order valence-corrected chi connectivity index (χ0v) is 21.6. The van der Waals surface area contributed by atoms with Crippen LogP contribution in [0.5, 0.6) is 0 Å². The van der Waals surface area contributed by atoms with Crippen LogP contribution in [0, 0.1) is 0 Å². The van der Waals surface area contributed by atoms with Crippen molar-refractivity contribution in [2.24, 2.45) is 0 Å². The van der Waals surface area contributed by atoms with E-state index in [1.165, 1.54) is 0 Å². The summed E-state index contributed by atoms with van der Waals surface area (Å²) in [6, 6.07) is 24.4. The van der Waals surface area contributed by atoms with Gasteiger partial charge in [0.15, 0.2) is 0 Å². The Kier molecular flexibility index (Phi) is 8.48. The largest absolute Gasteiger partial charge is 0.363 e. The van der Waals surface area contributed by atoms with Gasteiger partial charge in [0.2, 0.25) is 11.8 Å². The smallest absolute Gasteiger partial charge is 0.241 e. The van der Waals surface area contributed by atoms with Gasteiger partial charge in [-0.1, -0.05) is 42.5 Å². The molecule has 2 fully saturated rings. The summed E-state index contributed by atoms with van der Waals surface area (Å²) in [7, 11) is 0. The number of benzene rings is 3. The van der Waals surface area contributed by atoms with E-state index >= 15 is 0 Å². The monoisotopic (exact) mass is 533 g/mol. The third-order valence-corrected chi connectivity index (χ3v) is 7.10. The second kappa shape index (κ2) is 12.4. The molecule has 0 spiro atoms. The summed E-state index contributed by atoms with van der Waals surface area (Å²) in [6.07, 6.45) is -1.58. The van der Waals surface area contributed by atoms with Crippen molar-refractivity contribution in [3.05, 3.63) is 90.0 Å². The maximum Gasteiger partial charge on any atom is 0.241 e. The van der Waals surface area contributed by atoms with E-state index in [0.717, 1.165) is 16.8 Å². The number of nitrogens with zero attached hydrogens (tertiary/aromatic N) is 1. The first-order chi connectivity index (χ1) is 18.9. The van der Waals surface area contributed by atoms with Gasteiger partial charge in [-0.25, -0.2) is 8.78 Å². The summed E-state index contributed by atoms with van der Waals surface area (Å²) >= 11 is 0. The topological polar surface area (TPSA) is 85.5 Å². The molecule has 4 atom stereocenters. The fraction of sp³-hybridized carbons (Fsp3) is 0.333. The van der Waals surface area contributed by atoms with Crippen molar-refractivity contribution in [2.45, 2.75) is 50.4 Å². The highest BCUT2D eigenvalue weighted by atomic mass is 19.1. The quantitative estimate of drug-likeness (QED) is 0.332. The number of hydrogen-bond donors (Lipinski definition) is 4. The van der Waals surface area contributed by atoms with Crippen LogP contribution in [-0.2, 0) is 22.7 Å². The molecule has 9 heteroatoms. The number of carbonyl (C=O) groups is 2. The Balaban J connectivity index is 1.21. The number of carbonyl (C=O) groups excluding carboxylic acids is 2. The average Bonchev–Trinajstić information content (AvgIpc) is 3.59. The van der Waals surface area contributed by atoms with Crippen molar-refractivity contribution in [1.82, 2.24) is 10.6 Å². The summed E-state index contributed by atoms with van der Waals surface area (Å²) in [5.41, 5.74) is 4.55. The molecule has 2 amide bonds. The van der Waals surface area contributed by atoms with Crippen molar-refractivity contribution in [1.29, 1.82) is 0 Å². The average molecular weight is 534 g/mol. The predicted molar refractivity (Wildman–Crippen MR) is 149 cm³/mol. The number of nitrogens with one attached hydrogen (secondary N) is 4. The SMILES string of the molecule is O=C(Nc1ccc(CN(Cc2ccc(NC(=O)C3CC(F)CN3)cc2)c2ccccc2)cc1)C1CC(F)CN1. The second-order valence-corrected chi connectivity index (χ2v) is 10.2. The molecule has 0 aliphatic carbocycles. The molecule has 4 N–H and O–H groups in total. The molecule has 39 heavy (non-hydrogen) atoms. The maximum absolute atomic E-state index is 13.4. The summed E-state index contributed by atoms with van der Waals surface area (Å²) in [4.78, 5) is 27.0. The number of anilines is 3. The molecule has 4 unspecified atom stereocenters. The summed E-state index contributed by atoms with van der Waals surface area (Å²) in [5, 5.41) is 11.5. The Hall–Kier alpha value is -3.82. The Morgan fingerprint density at radius 3 is 1.51 bits per heavy atom. The van der Waals surface area contributed by atoms with Gasteiger partial charge in [-0.05, 0) is 47.5 Å². The molecule has 2 aliphatic rings. The number of amides is 2. The maximum atomic E-state index is 13.4. The number of hydrogen-bond acceptors (Lipinski definition) is 5.